The van der Waals surface area contributed by atoms with Crippen LogP contribution in [0.5, 0.6) is 0 Å². The van der Waals surface area contributed by atoms with Gasteiger partial charge in [-0.25, -0.2) is 4.98 Å². The van der Waals surface area contributed by atoms with Gasteiger partial charge in [0, 0.05) is 45.0 Å². The van der Waals surface area contributed by atoms with Gasteiger partial charge in [-0.3, -0.25) is 0 Å². The van der Waals surface area contributed by atoms with Crippen molar-refractivity contribution < 1.29 is 0 Å². The Morgan fingerprint density at radius 2 is 2.33 bits per heavy atom. The Balaban J connectivity index is 1.77. The first kappa shape index (κ1) is 13.6. The minimum Gasteiger partial charge on any atom is -0.338 e. The number of hydrogen-bond acceptors (Lipinski definition) is 3. The number of piperidine rings is 1. The summed E-state index contributed by atoms with van der Waals surface area (Å²) in [5.74, 6) is 1.94. The predicted octanol–water partition coefficient (Wildman–Crippen LogP) is 1.28. The van der Waals surface area contributed by atoms with Crippen molar-refractivity contribution in [1.29, 1.82) is 0 Å². The zero-order valence-corrected chi connectivity index (χ0v) is 11.9. The first-order chi connectivity index (χ1) is 8.70. The third-order valence-corrected chi connectivity index (χ3v) is 4.03. The SMILES string of the molecule is CCNC1CCN(CCc2nccn2C)CC1C. The van der Waals surface area contributed by atoms with Crippen LogP contribution in [0, 0.1) is 5.92 Å². The largest absolute Gasteiger partial charge is 0.338 e. The maximum Gasteiger partial charge on any atom is 0.109 e. The van der Waals surface area contributed by atoms with Crippen molar-refractivity contribution in [1.82, 2.24) is 19.8 Å². The highest BCUT2D eigenvalue weighted by atomic mass is 15.2. The van der Waals surface area contributed by atoms with Gasteiger partial charge in [-0.15, -0.1) is 0 Å². The van der Waals surface area contributed by atoms with Crippen LogP contribution in [-0.4, -0.2) is 46.7 Å². The molecule has 0 aromatic carbocycles. The Morgan fingerprint density at radius 3 is 2.94 bits per heavy atom. The summed E-state index contributed by atoms with van der Waals surface area (Å²) >= 11 is 0. The normalized spacial score (nSPS) is 25.5. The molecule has 2 heterocycles. The van der Waals surface area contributed by atoms with Gasteiger partial charge in [0.2, 0.25) is 0 Å². The molecule has 0 amide bonds. The van der Waals surface area contributed by atoms with Crippen LogP contribution in [0.15, 0.2) is 12.4 Å². The topological polar surface area (TPSA) is 33.1 Å². The quantitative estimate of drug-likeness (QED) is 0.854. The van der Waals surface area contributed by atoms with Crippen LogP contribution in [0.3, 0.4) is 0 Å². The molecule has 1 saturated heterocycles. The lowest BCUT2D eigenvalue weighted by Crippen LogP contribution is -2.48. The Bertz CT molecular complexity index is 360. The van der Waals surface area contributed by atoms with Gasteiger partial charge < -0.3 is 14.8 Å². The summed E-state index contributed by atoms with van der Waals surface area (Å²) in [6, 6.07) is 0.708. The van der Waals surface area contributed by atoms with E-state index in [2.05, 4.69) is 40.7 Å². The fourth-order valence-electron chi connectivity index (χ4n) is 2.90. The molecule has 1 N–H and O–H groups in total. The van der Waals surface area contributed by atoms with Crippen LogP contribution >= 0.6 is 0 Å². The van der Waals surface area contributed by atoms with Gasteiger partial charge in [0.25, 0.3) is 0 Å². The zero-order valence-electron chi connectivity index (χ0n) is 11.9. The van der Waals surface area contributed by atoms with Crippen molar-refractivity contribution in [3.8, 4) is 0 Å². The molecule has 0 radical (unpaired) electrons. The molecular formula is C14H26N4. The first-order valence-electron chi connectivity index (χ1n) is 7.12. The summed E-state index contributed by atoms with van der Waals surface area (Å²) in [6.45, 7) is 9.20. The molecule has 1 aromatic heterocycles. The van der Waals surface area contributed by atoms with Crippen LogP contribution in [0.4, 0.5) is 0 Å². The fraction of sp³-hybridized carbons (Fsp3) is 0.786. The highest BCUT2D eigenvalue weighted by Gasteiger charge is 2.24. The van der Waals surface area contributed by atoms with Gasteiger partial charge >= 0.3 is 0 Å². The van der Waals surface area contributed by atoms with Crippen LogP contribution in [0.1, 0.15) is 26.1 Å². The van der Waals surface area contributed by atoms with E-state index in [9.17, 15) is 0 Å². The fourth-order valence-corrected chi connectivity index (χ4v) is 2.90. The van der Waals surface area contributed by atoms with Crippen molar-refractivity contribution in [3.63, 3.8) is 0 Å². The van der Waals surface area contributed by atoms with Gasteiger partial charge in [-0.2, -0.15) is 0 Å². The van der Waals surface area contributed by atoms with Gasteiger partial charge in [0.05, 0.1) is 0 Å². The maximum absolute atomic E-state index is 4.39. The van der Waals surface area contributed by atoms with Crippen molar-refractivity contribution in [3.05, 3.63) is 18.2 Å². The van der Waals surface area contributed by atoms with E-state index in [1.54, 1.807) is 0 Å². The van der Waals surface area contributed by atoms with Crippen molar-refractivity contribution in [2.24, 2.45) is 13.0 Å². The molecule has 0 spiro atoms. The number of nitrogens with one attached hydrogen (secondary N) is 1. The lowest BCUT2D eigenvalue weighted by atomic mass is 9.94. The number of nitrogens with zero attached hydrogens (tertiary/aromatic N) is 3. The summed E-state index contributed by atoms with van der Waals surface area (Å²) in [4.78, 5) is 6.96. The molecule has 0 saturated carbocycles. The summed E-state index contributed by atoms with van der Waals surface area (Å²) < 4.78 is 2.12. The second-order valence-electron chi connectivity index (χ2n) is 5.44. The molecular weight excluding hydrogens is 224 g/mol. The molecule has 1 aliphatic heterocycles. The molecule has 1 aromatic rings. The number of likely N-dealkylation sites (tertiary alicyclic amines) is 1. The molecule has 102 valence electrons. The van der Waals surface area contributed by atoms with Crippen molar-refractivity contribution >= 4 is 0 Å². The molecule has 18 heavy (non-hydrogen) atoms. The monoisotopic (exact) mass is 250 g/mol. The third-order valence-electron chi connectivity index (χ3n) is 4.03. The van der Waals surface area contributed by atoms with E-state index in [1.165, 1.54) is 25.3 Å². The van der Waals surface area contributed by atoms with E-state index >= 15 is 0 Å². The van der Waals surface area contributed by atoms with Gasteiger partial charge in [-0.1, -0.05) is 13.8 Å². The zero-order chi connectivity index (χ0) is 13.0. The molecule has 0 aliphatic carbocycles. The molecule has 1 aliphatic rings. The average molecular weight is 250 g/mol. The van der Waals surface area contributed by atoms with E-state index in [-0.39, 0.29) is 0 Å². The molecule has 2 atom stereocenters. The highest BCUT2D eigenvalue weighted by Crippen LogP contribution is 2.16. The average Bonchev–Trinajstić information content (AvgIpc) is 2.76. The van der Waals surface area contributed by atoms with Crippen molar-refractivity contribution in [2.75, 3.05) is 26.2 Å². The van der Waals surface area contributed by atoms with E-state index in [0.29, 0.717) is 6.04 Å². The van der Waals surface area contributed by atoms with Crippen LogP contribution in [-0.2, 0) is 13.5 Å². The molecule has 1 fully saturated rings. The molecule has 0 bridgehead atoms. The number of aryl methyl sites for hydroxylation is 1. The number of rotatable bonds is 5. The number of imidazole rings is 1. The number of aromatic nitrogens is 2. The van der Waals surface area contributed by atoms with E-state index in [0.717, 1.165) is 25.4 Å². The highest BCUT2D eigenvalue weighted by molar-refractivity contribution is 4.92. The Morgan fingerprint density at radius 1 is 1.50 bits per heavy atom. The van der Waals surface area contributed by atoms with Crippen LogP contribution < -0.4 is 5.32 Å². The molecule has 2 unspecified atom stereocenters. The van der Waals surface area contributed by atoms with Crippen LogP contribution in [0.25, 0.3) is 0 Å². The Hall–Kier alpha value is -0.870. The Labute approximate surface area is 110 Å². The standard InChI is InChI=1S/C14H26N4/c1-4-15-13-5-8-18(11-12(13)2)9-6-14-16-7-10-17(14)3/h7,10,12-13,15H,4-6,8-9,11H2,1-3H3. The molecule has 2 rings (SSSR count). The van der Waals surface area contributed by atoms with Gasteiger partial charge in [0.1, 0.15) is 5.82 Å². The van der Waals surface area contributed by atoms with E-state index < -0.39 is 0 Å². The van der Waals surface area contributed by atoms with E-state index in [4.69, 9.17) is 0 Å². The summed E-state index contributed by atoms with van der Waals surface area (Å²) in [5, 5.41) is 3.59. The minimum atomic E-state index is 0.708. The van der Waals surface area contributed by atoms with Crippen LogP contribution in [0.2, 0.25) is 0 Å². The first-order valence-corrected chi connectivity index (χ1v) is 7.12. The molecule has 4 heteroatoms. The van der Waals surface area contributed by atoms with Crippen molar-refractivity contribution in [2.45, 2.75) is 32.7 Å². The van der Waals surface area contributed by atoms with Gasteiger partial charge in [0.15, 0.2) is 0 Å². The maximum atomic E-state index is 4.39. The third kappa shape index (κ3) is 3.33. The smallest absolute Gasteiger partial charge is 0.109 e. The van der Waals surface area contributed by atoms with E-state index in [1.807, 2.05) is 12.4 Å². The lowest BCUT2D eigenvalue weighted by Gasteiger charge is -2.37. The van der Waals surface area contributed by atoms with Gasteiger partial charge in [-0.05, 0) is 25.4 Å². The molecule has 4 nitrogen and oxygen atoms in total. The summed E-state index contributed by atoms with van der Waals surface area (Å²) in [7, 11) is 2.07. The summed E-state index contributed by atoms with van der Waals surface area (Å²) in [6.07, 6.45) is 6.24. The second kappa shape index (κ2) is 6.34. The Kier molecular flexibility index (Phi) is 4.78. The lowest BCUT2D eigenvalue weighted by molar-refractivity contribution is 0.149. The number of hydrogen-bond donors (Lipinski definition) is 1. The predicted molar refractivity (Wildman–Crippen MR) is 74.6 cm³/mol. The second-order valence-corrected chi connectivity index (χ2v) is 5.44. The minimum absolute atomic E-state index is 0.708. The summed E-state index contributed by atoms with van der Waals surface area (Å²) in [5.41, 5.74) is 0.